The first-order valence-electron chi connectivity index (χ1n) is 9.66. The van der Waals surface area contributed by atoms with Crippen molar-refractivity contribution in [3.05, 3.63) is 35.4 Å². The third-order valence-electron chi connectivity index (χ3n) is 5.27. The topological polar surface area (TPSA) is 53.6 Å². The summed E-state index contributed by atoms with van der Waals surface area (Å²) in [6.45, 7) is 4.23. The number of benzene rings is 1. The molecule has 0 amide bonds. The van der Waals surface area contributed by atoms with Gasteiger partial charge < -0.3 is 11.1 Å². The molecule has 132 valence electrons. The first-order valence-corrected chi connectivity index (χ1v) is 9.66. The molecule has 2 fully saturated rings. The highest BCUT2D eigenvalue weighted by Crippen LogP contribution is 2.17. The second-order valence-electron chi connectivity index (χ2n) is 7.33. The molecule has 4 nitrogen and oxygen atoms in total. The molecule has 1 aromatic carbocycles. The summed E-state index contributed by atoms with van der Waals surface area (Å²) in [5.41, 5.74) is 8.67. The number of piperidine rings is 1. The van der Waals surface area contributed by atoms with Gasteiger partial charge in [-0.1, -0.05) is 49.9 Å². The van der Waals surface area contributed by atoms with Gasteiger partial charge in [-0.3, -0.25) is 4.90 Å². The van der Waals surface area contributed by atoms with Crippen molar-refractivity contribution < 1.29 is 0 Å². The Morgan fingerprint density at radius 3 is 2.29 bits per heavy atom. The van der Waals surface area contributed by atoms with Crippen LogP contribution >= 0.6 is 0 Å². The molecule has 24 heavy (non-hydrogen) atoms. The van der Waals surface area contributed by atoms with Crippen molar-refractivity contribution >= 4 is 5.96 Å². The third kappa shape index (κ3) is 5.52. The molecule has 1 heterocycles. The lowest BCUT2D eigenvalue weighted by atomic mass is 9.96. The number of nitrogens with zero attached hydrogens (tertiary/aromatic N) is 2. The minimum absolute atomic E-state index is 0.523. The number of hydrogen-bond acceptors (Lipinski definition) is 2. The quantitative estimate of drug-likeness (QED) is 0.643. The minimum atomic E-state index is 0.523. The number of rotatable bonds is 5. The maximum Gasteiger partial charge on any atom is 0.189 e. The van der Waals surface area contributed by atoms with E-state index in [0.29, 0.717) is 18.5 Å². The van der Waals surface area contributed by atoms with Crippen molar-refractivity contribution in [1.29, 1.82) is 0 Å². The van der Waals surface area contributed by atoms with E-state index in [0.717, 1.165) is 6.54 Å². The second kappa shape index (κ2) is 9.07. The molecule has 4 heteroatoms. The summed E-state index contributed by atoms with van der Waals surface area (Å²) < 4.78 is 0. The smallest absolute Gasteiger partial charge is 0.189 e. The lowest BCUT2D eigenvalue weighted by molar-refractivity contribution is 0.221. The van der Waals surface area contributed by atoms with Gasteiger partial charge in [0.05, 0.1) is 6.54 Å². The fourth-order valence-corrected chi connectivity index (χ4v) is 3.80. The van der Waals surface area contributed by atoms with Crippen molar-refractivity contribution in [3.63, 3.8) is 0 Å². The maximum atomic E-state index is 6.04. The summed E-state index contributed by atoms with van der Waals surface area (Å²) in [7, 11) is 0. The minimum Gasteiger partial charge on any atom is -0.370 e. The lowest BCUT2D eigenvalue weighted by Crippen LogP contribution is -2.41. The van der Waals surface area contributed by atoms with Crippen LogP contribution in [0.5, 0.6) is 0 Å². The van der Waals surface area contributed by atoms with Crippen molar-refractivity contribution in [2.24, 2.45) is 10.7 Å². The Balaban J connectivity index is 1.45. The Morgan fingerprint density at radius 1 is 0.958 bits per heavy atom. The standard InChI is InChI=1S/C20H32N4/c21-20(23-19-7-3-1-4-8-19)22-15-17-9-11-18(12-10-17)16-24-13-5-2-6-14-24/h9-12,19H,1-8,13-16H2,(H3,21,22,23). The van der Waals surface area contributed by atoms with Crippen LogP contribution in [0.4, 0.5) is 0 Å². The predicted octanol–water partition coefficient (Wildman–Crippen LogP) is 3.41. The van der Waals surface area contributed by atoms with Crippen LogP contribution in [0.3, 0.4) is 0 Å². The molecule has 0 aromatic heterocycles. The molecule has 3 N–H and O–H groups in total. The van der Waals surface area contributed by atoms with Crippen molar-refractivity contribution in [1.82, 2.24) is 10.2 Å². The first-order chi connectivity index (χ1) is 11.8. The first kappa shape index (κ1) is 17.3. The van der Waals surface area contributed by atoms with Gasteiger partial charge in [0.15, 0.2) is 5.96 Å². The van der Waals surface area contributed by atoms with Crippen LogP contribution in [-0.2, 0) is 13.1 Å². The van der Waals surface area contributed by atoms with Gasteiger partial charge in [0, 0.05) is 12.6 Å². The van der Waals surface area contributed by atoms with Gasteiger partial charge in [0.2, 0.25) is 0 Å². The van der Waals surface area contributed by atoms with Crippen LogP contribution in [0.25, 0.3) is 0 Å². The zero-order valence-electron chi connectivity index (χ0n) is 14.8. The van der Waals surface area contributed by atoms with E-state index < -0.39 is 0 Å². The Hall–Kier alpha value is -1.55. The molecule has 1 aliphatic heterocycles. The van der Waals surface area contributed by atoms with Crippen LogP contribution in [-0.4, -0.2) is 30.0 Å². The molecule has 2 aliphatic rings. The largest absolute Gasteiger partial charge is 0.370 e. The molecule has 1 saturated carbocycles. The summed E-state index contributed by atoms with van der Waals surface area (Å²) in [4.78, 5) is 7.07. The van der Waals surface area contributed by atoms with E-state index in [1.54, 1.807) is 0 Å². The van der Waals surface area contributed by atoms with E-state index >= 15 is 0 Å². The average Bonchev–Trinajstić information content (AvgIpc) is 2.63. The van der Waals surface area contributed by atoms with Gasteiger partial charge in [-0.15, -0.1) is 0 Å². The SMILES string of the molecule is NC(=NCc1ccc(CN2CCCCC2)cc1)NC1CCCCC1. The molecule has 1 aliphatic carbocycles. The van der Waals surface area contributed by atoms with E-state index in [1.165, 1.54) is 75.6 Å². The fourth-order valence-electron chi connectivity index (χ4n) is 3.80. The Morgan fingerprint density at radius 2 is 1.58 bits per heavy atom. The van der Waals surface area contributed by atoms with E-state index in [1.807, 2.05) is 0 Å². The molecule has 1 aromatic rings. The summed E-state index contributed by atoms with van der Waals surface area (Å²) >= 11 is 0. The number of likely N-dealkylation sites (tertiary alicyclic amines) is 1. The molecule has 3 rings (SSSR count). The Bertz CT molecular complexity index is 511. The average molecular weight is 329 g/mol. The van der Waals surface area contributed by atoms with Crippen LogP contribution in [0, 0.1) is 0 Å². The number of hydrogen-bond donors (Lipinski definition) is 2. The molecule has 0 spiro atoms. The van der Waals surface area contributed by atoms with Gasteiger partial charge >= 0.3 is 0 Å². The molecule has 0 radical (unpaired) electrons. The zero-order valence-corrected chi connectivity index (χ0v) is 14.8. The summed E-state index contributed by atoms with van der Waals surface area (Å²) in [5.74, 6) is 0.597. The molecule has 0 atom stereocenters. The van der Waals surface area contributed by atoms with E-state index in [2.05, 4.69) is 39.5 Å². The van der Waals surface area contributed by atoms with Crippen LogP contribution in [0.15, 0.2) is 29.3 Å². The Kier molecular flexibility index (Phi) is 6.53. The highest BCUT2D eigenvalue weighted by atomic mass is 15.1. The van der Waals surface area contributed by atoms with Gasteiger partial charge in [-0.2, -0.15) is 0 Å². The van der Waals surface area contributed by atoms with E-state index in [-0.39, 0.29) is 0 Å². The molecule has 1 saturated heterocycles. The summed E-state index contributed by atoms with van der Waals surface area (Å²) in [6.07, 6.45) is 10.5. The maximum absolute atomic E-state index is 6.04. The molecular weight excluding hydrogens is 296 g/mol. The van der Waals surface area contributed by atoms with Crippen molar-refractivity contribution in [3.8, 4) is 0 Å². The normalized spacial score (nSPS) is 20.9. The van der Waals surface area contributed by atoms with E-state index in [9.17, 15) is 0 Å². The second-order valence-corrected chi connectivity index (χ2v) is 7.33. The monoisotopic (exact) mass is 328 g/mol. The summed E-state index contributed by atoms with van der Waals surface area (Å²) in [5, 5.41) is 3.38. The van der Waals surface area contributed by atoms with Crippen LogP contribution in [0.2, 0.25) is 0 Å². The number of nitrogens with two attached hydrogens (primary N) is 1. The molecular formula is C20H32N4. The molecule has 0 bridgehead atoms. The number of nitrogens with one attached hydrogen (secondary N) is 1. The molecule has 0 unspecified atom stereocenters. The Labute approximate surface area is 146 Å². The highest BCUT2D eigenvalue weighted by molar-refractivity contribution is 5.78. The van der Waals surface area contributed by atoms with Gasteiger partial charge in [-0.05, 0) is 49.9 Å². The zero-order chi connectivity index (χ0) is 16.6. The number of guanidine groups is 1. The van der Waals surface area contributed by atoms with Crippen molar-refractivity contribution in [2.45, 2.75) is 70.5 Å². The van der Waals surface area contributed by atoms with Crippen LogP contribution in [0.1, 0.15) is 62.5 Å². The van der Waals surface area contributed by atoms with Gasteiger partial charge in [-0.25, -0.2) is 4.99 Å². The van der Waals surface area contributed by atoms with E-state index in [4.69, 9.17) is 5.73 Å². The lowest BCUT2D eigenvalue weighted by Gasteiger charge is -2.26. The van der Waals surface area contributed by atoms with Crippen LogP contribution < -0.4 is 11.1 Å². The number of aliphatic imine (C=N–C) groups is 1. The fraction of sp³-hybridized carbons (Fsp3) is 0.650. The van der Waals surface area contributed by atoms with Gasteiger partial charge in [0.1, 0.15) is 0 Å². The highest BCUT2D eigenvalue weighted by Gasteiger charge is 2.13. The predicted molar refractivity (Wildman–Crippen MR) is 101 cm³/mol. The third-order valence-corrected chi connectivity index (χ3v) is 5.27. The van der Waals surface area contributed by atoms with Gasteiger partial charge in [0.25, 0.3) is 0 Å². The van der Waals surface area contributed by atoms with Crippen molar-refractivity contribution in [2.75, 3.05) is 13.1 Å². The summed E-state index contributed by atoms with van der Waals surface area (Å²) in [6, 6.07) is 9.39.